The molecule has 1 atom stereocenters. The van der Waals surface area contributed by atoms with Crippen molar-refractivity contribution in [3.05, 3.63) is 47.5 Å². The number of nitriles is 1. The van der Waals surface area contributed by atoms with Crippen molar-refractivity contribution in [3.63, 3.8) is 0 Å². The number of ether oxygens (including phenoxy) is 5. The minimum absolute atomic E-state index is 0.0560. The van der Waals surface area contributed by atoms with Gasteiger partial charge in [0.15, 0.2) is 23.0 Å². The van der Waals surface area contributed by atoms with Gasteiger partial charge in [0, 0.05) is 0 Å². The number of unbranched alkanes of at least 4 members (excludes halogenated alkanes) is 8. The maximum absolute atomic E-state index is 13.1. The minimum atomic E-state index is -0.496. The Morgan fingerprint density at radius 1 is 0.809 bits per heavy atom. The minimum Gasteiger partial charge on any atom is -0.493 e. The molecule has 7 nitrogen and oxygen atoms in total. The van der Waals surface area contributed by atoms with Crippen LogP contribution >= 0.6 is 0 Å². The molecule has 1 unspecified atom stereocenters. The lowest BCUT2D eigenvalue weighted by molar-refractivity contribution is -0.164. The number of hydrogen-bond donors (Lipinski definition) is 0. The number of methoxy groups -OCH3 is 1. The average molecular weight is 648 g/mol. The Balaban J connectivity index is 1.29. The predicted molar refractivity (Wildman–Crippen MR) is 189 cm³/mol. The van der Waals surface area contributed by atoms with E-state index in [9.17, 15) is 10.1 Å². The molecule has 258 valence electrons. The van der Waals surface area contributed by atoms with E-state index in [0.29, 0.717) is 41.8 Å². The standard InChI is InChI=1S/C40H57NO6/c1-38(2,3)28-40(7,39(4,5)6)37(42)45-23-17-15-13-11-9-10-12-14-16-22-44-33-20-18-30(25-35(33)43-8)24-32(27-41)31-19-21-34-36(26-31)47-29-46-34/h18-21,24-26H,9-17,22-23,28-29H2,1-8H3/b32-24+. The number of allylic oxidation sites excluding steroid dienone is 1. The second kappa shape index (κ2) is 17.5. The van der Waals surface area contributed by atoms with Crippen LogP contribution < -0.4 is 18.9 Å². The van der Waals surface area contributed by atoms with Crippen molar-refractivity contribution < 1.29 is 28.5 Å². The molecule has 47 heavy (non-hydrogen) atoms. The Labute approximate surface area is 283 Å². The summed E-state index contributed by atoms with van der Waals surface area (Å²) in [6.07, 6.45) is 12.8. The third-order valence-corrected chi connectivity index (χ3v) is 9.07. The van der Waals surface area contributed by atoms with E-state index in [0.717, 1.165) is 43.2 Å². The summed E-state index contributed by atoms with van der Waals surface area (Å²) in [6, 6.07) is 13.5. The summed E-state index contributed by atoms with van der Waals surface area (Å²) in [4.78, 5) is 13.1. The predicted octanol–water partition coefficient (Wildman–Crippen LogP) is 10.4. The molecule has 1 aliphatic heterocycles. The van der Waals surface area contributed by atoms with Crippen molar-refractivity contribution in [3.8, 4) is 29.1 Å². The molecule has 0 saturated carbocycles. The van der Waals surface area contributed by atoms with Crippen molar-refractivity contribution in [1.29, 1.82) is 5.26 Å². The summed E-state index contributed by atoms with van der Waals surface area (Å²) in [5, 5.41) is 9.77. The van der Waals surface area contributed by atoms with Gasteiger partial charge in [0.2, 0.25) is 6.79 Å². The summed E-state index contributed by atoms with van der Waals surface area (Å²) in [5.74, 6) is 2.62. The fourth-order valence-electron chi connectivity index (χ4n) is 5.96. The van der Waals surface area contributed by atoms with Gasteiger partial charge in [-0.15, -0.1) is 0 Å². The normalized spacial score (nSPS) is 14.3. The Morgan fingerprint density at radius 2 is 1.43 bits per heavy atom. The van der Waals surface area contributed by atoms with Crippen molar-refractivity contribution in [2.24, 2.45) is 16.2 Å². The third-order valence-electron chi connectivity index (χ3n) is 9.07. The van der Waals surface area contributed by atoms with Crippen LogP contribution in [0.15, 0.2) is 36.4 Å². The number of fused-ring (bicyclic) bond motifs is 1. The molecule has 1 heterocycles. The molecule has 0 fully saturated rings. The van der Waals surface area contributed by atoms with Crippen LogP contribution in [0.5, 0.6) is 23.0 Å². The number of benzene rings is 2. The number of carbonyl (C=O) groups is 1. The van der Waals surface area contributed by atoms with E-state index in [4.69, 9.17) is 23.7 Å². The van der Waals surface area contributed by atoms with Gasteiger partial charge in [-0.1, -0.05) is 92.6 Å². The summed E-state index contributed by atoms with van der Waals surface area (Å²) in [5.41, 5.74) is 1.56. The average Bonchev–Trinajstić information content (AvgIpc) is 3.49. The van der Waals surface area contributed by atoms with Gasteiger partial charge in [-0.05, 0) is 84.6 Å². The lowest BCUT2D eigenvalue weighted by Crippen LogP contribution is -2.44. The molecule has 0 N–H and O–H groups in total. The van der Waals surface area contributed by atoms with Crippen LogP contribution in [0.25, 0.3) is 11.6 Å². The number of esters is 1. The van der Waals surface area contributed by atoms with Gasteiger partial charge in [0.1, 0.15) is 0 Å². The van der Waals surface area contributed by atoms with Crippen LogP contribution in [-0.4, -0.2) is 33.1 Å². The quantitative estimate of drug-likeness (QED) is 0.0688. The third kappa shape index (κ3) is 11.5. The molecule has 0 bridgehead atoms. The molecule has 0 aromatic heterocycles. The molecular formula is C40H57NO6. The van der Waals surface area contributed by atoms with E-state index in [1.54, 1.807) is 7.11 Å². The van der Waals surface area contributed by atoms with Crippen LogP contribution in [0, 0.1) is 27.6 Å². The van der Waals surface area contributed by atoms with Gasteiger partial charge < -0.3 is 23.7 Å². The van der Waals surface area contributed by atoms with E-state index >= 15 is 0 Å². The largest absolute Gasteiger partial charge is 0.493 e. The Morgan fingerprint density at radius 3 is 2.02 bits per heavy atom. The molecule has 3 rings (SSSR count). The zero-order chi connectivity index (χ0) is 34.5. The molecule has 2 aromatic carbocycles. The lowest BCUT2D eigenvalue weighted by atomic mass is 9.61. The smallest absolute Gasteiger partial charge is 0.312 e. The SMILES string of the molecule is COc1cc(/C=C(\C#N)c2ccc3c(c2)OCO3)ccc1OCCCCCCCCCCCOC(=O)C(C)(CC(C)(C)C)C(C)(C)C. The van der Waals surface area contributed by atoms with Crippen molar-refractivity contribution in [2.45, 2.75) is 113 Å². The maximum atomic E-state index is 13.1. The van der Waals surface area contributed by atoms with Crippen molar-refractivity contribution in [1.82, 2.24) is 0 Å². The summed E-state index contributed by atoms with van der Waals surface area (Å²) in [6.45, 7) is 16.4. The fourth-order valence-corrected chi connectivity index (χ4v) is 5.96. The first-order valence-corrected chi connectivity index (χ1v) is 17.3. The van der Waals surface area contributed by atoms with E-state index < -0.39 is 5.41 Å². The zero-order valence-electron chi connectivity index (χ0n) is 30.1. The molecule has 1 aliphatic rings. The van der Waals surface area contributed by atoms with Gasteiger partial charge in [-0.25, -0.2) is 0 Å². The molecule has 0 saturated heterocycles. The monoisotopic (exact) mass is 647 g/mol. The highest BCUT2D eigenvalue weighted by Crippen LogP contribution is 2.47. The Hall–Kier alpha value is -3.66. The fraction of sp³-hybridized carbons (Fsp3) is 0.600. The number of hydrogen-bond acceptors (Lipinski definition) is 7. The number of nitrogens with zero attached hydrogens (tertiary/aromatic N) is 1. The highest BCUT2D eigenvalue weighted by atomic mass is 16.7. The number of rotatable bonds is 18. The summed E-state index contributed by atoms with van der Waals surface area (Å²) < 4.78 is 28.2. The maximum Gasteiger partial charge on any atom is 0.312 e. The van der Waals surface area contributed by atoms with Gasteiger partial charge in [-0.2, -0.15) is 5.26 Å². The molecule has 7 heteroatoms. The molecule has 0 amide bonds. The van der Waals surface area contributed by atoms with Gasteiger partial charge in [0.25, 0.3) is 0 Å². The Kier molecular flexibility index (Phi) is 14.1. The number of carbonyl (C=O) groups excluding carboxylic acids is 1. The summed E-state index contributed by atoms with van der Waals surface area (Å²) in [7, 11) is 1.63. The Bertz CT molecular complexity index is 1380. The van der Waals surface area contributed by atoms with Crippen LogP contribution in [0.1, 0.15) is 124 Å². The van der Waals surface area contributed by atoms with Crippen LogP contribution in [0.2, 0.25) is 0 Å². The first kappa shape index (κ1) is 37.8. The van der Waals surface area contributed by atoms with Gasteiger partial charge in [-0.3, -0.25) is 4.79 Å². The summed E-state index contributed by atoms with van der Waals surface area (Å²) >= 11 is 0. The van der Waals surface area contributed by atoms with E-state index in [-0.39, 0.29) is 23.6 Å². The first-order valence-electron chi connectivity index (χ1n) is 17.3. The molecule has 2 aromatic rings. The van der Waals surface area contributed by atoms with E-state index in [2.05, 4.69) is 54.5 Å². The van der Waals surface area contributed by atoms with Crippen molar-refractivity contribution in [2.75, 3.05) is 27.1 Å². The van der Waals surface area contributed by atoms with Gasteiger partial charge >= 0.3 is 5.97 Å². The molecular weight excluding hydrogens is 590 g/mol. The second-order valence-corrected chi connectivity index (χ2v) is 15.1. The molecule has 0 spiro atoms. The molecule has 0 aliphatic carbocycles. The topological polar surface area (TPSA) is 87.0 Å². The highest BCUT2D eigenvalue weighted by molar-refractivity contribution is 5.90. The van der Waals surface area contributed by atoms with Crippen LogP contribution in [0.3, 0.4) is 0 Å². The van der Waals surface area contributed by atoms with E-state index in [1.165, 1.54) is 32.1 Å². The van der Waals surface area contributed by atoms with Gasteiger partial charge in [0.05, 0.1) is 37.4 Å². The highest BCUT2D eigenvalue weighted by Gasteiger charge is 2.47. The van der Waals surface area contributed by atoms with Crippen molar-refractivity contribution >= 4 is 17.6 Å². The van der Waals surface area contributed by atoms with E-state index in [1.807, 2.05) is 42.5 Å². The lowest BCUT2D eigenvalue weighted by Gasteiger charge is -2.43. The van der Waals surface area contributed by atoms with Crippen LogP contribution in [0.4, 0.5) is 0 Å². The second-order valence-electron chi connectivity index (χ2n) is 15.1. The zero-order valence-corrected chi connectivity index (χ0v) is 30.1. The first-order chi connectivity index (χ1) is 22.3. The molecule has 0 radical (unpaired) electrons. The van der Waals surface area contributed by atoms with Crippen LogP contribution in [-0.2, 0) is 9.53 Å².